The molecule has 0 aliphatic carbocycles. The Morgan fingerprint density at radius 2 is 1.95 bits per heavy atom. The van der Waals surface area contributed by atoms with Crippen LogP contribution in [0.1, 0.15) is 37.3 Å². The normalized spacial score (nSPS) is 13.9. The quantitative estimate of drug-likeness (QED) is 0.651. The Labute approximate surface area is 126 Å². The molecular weight excluding hydrogens is 268 g/mol. The summed E-state index contributed by atoms with van der Waals surface area (Å²) in [6, 6.07) is 7.82. The second-order valence-electron chi connectivity index (χ2n) is 5.54. The van der Waals surface area contributed by atoms with Crippen LogP contribution in [0.4, 0.5) is 0 Å². The van der Waals surface area contributed by atoms with Gasteiger partial charge in [0.2, 0.25) is 0 Å². The zero-order chi connectivity index (χ0) is 15.7. The first-order chi connectivity index (χ1) is 10.0. The van der Waals surface area contributed by atoms with Crippen molar-refractivity contribution in [2.75, 3.05) is 13.2 Å². The Morgan fingerprint density at radius 3 is 2.52 bits per heavy atom. The van der Waals surface area contributed by atoms with E-state index in [4.69, 9.17) is 4.74 Å². The standard InChI is InChI=1S/C17H26O4/c1-3-4-9-21-12-16(18)11-15(17(19)20)10-14-7-5-13(2)6-8-14/h5-8,15-16,18H,3-4,9-12H2,1-2H3,(H,19,20). The molecule has 2 N–H and O–H groups in total. The van der Waals surface area contributed by atoms with Gasteiger partial charge in [0.05, 0.1) is 18.6 Å². The molecule has 118 valence electrons. The number of benzene rings is 1. The molecule has 2 atom stereocenters. The minimum atomic E-state index is -0.872. The van der Waals surface area contributed by atoms with E-state index in [0.29, 0.717) is 13.0 Å². The van der Waals surface area contributed by atoms with Gasteiger partial charge in [0.25, 0.3) is 0 Å². The van der Waals surface area contributed by atoms with E-state index in [1.807, 2.05) is 31.2 Å². The third-order valence-electron chi connectivity index (χ3n) is 3.46. The van der Waals surface area contributed by atoms with Crippen molar-refractivity contribution in [3.8, 4) is 0 Å². The highest BCUT2D eigenvalue weighted by molar-refractivity contribution is 5.70. The molecule has 4 nitrogen and oxygen atoms in total. The summed E-state index contributed by atoms with van der Waals surface area (Å²) >= 11 is 0. The van der Waals surface area contributed by atoms with Crippen LogP contribution in [0, 0.1) is 12.8 Å². The molecule has 0 aliphatic rings. The van der Waals surface area contributed by atoms with Gasteiger partial charge in [-0.2, -0.15) is 0 Å². The molecule has 1 rings (SSSR count). The van der Waals surface area contributed by atoms with Crippen molar-refractivity contribution in [3.63, 3.8) is 0 Å². The molecule has 21 heavy (non-hydrogen) atoms. The van der Waals surface area contributed by atoms with Gasteiger partial charge in [-0.25, -0.2) is 0 Å². The third-order valence-corrected chi connectivity index (χ3v) is 3.46. The van der Waals surface area contributed by atoms with Gasteiger partial charge in [0.15, 0.2) is 0 Å². The average molecular weight is 294 g/mol. The number of unbranched alkanes of at least 4 members (excludes halogenated alkanes) is 1. The zero-order valence-electron chi connectivity index (χ0n) is 12.9. The lowest BCUT2D eigenvalue weighted by Crippen LogP contribution is -2.26. The molecule has 2 unspecified atom stereocenters. The van der Waals surface area contributed by atoms with E-state index in [2.05, 4.69) is 6.92 Å². The SMILES string of the molecule is CCCCOCC(O)CC(Cc1ccc(C)cc1)C(=O)O. The van der Waals surface area contributed by atoms with E-state index >= 15 is 0 Å². The van der Waals surface area contributed by atoms with Gasteiger partial charge in [0, 0.05) is 6.61 Å². The number of carboxylic acids is 1. The second-order valence-corrected chi connectivity index (χ2v) is 5.54. The summed E-state index contributed by atoms with van der Waals surface area (Å²) in [7, 11) is 0. The number of hydrogen-bond acceptors (Lipinski definition) is 3. The summed E-state index contributed by atoms with van der Waals surface area (Å²) in [6.07, 6.45) is 1.92. The number of hydrogen-bond donors (Lipinski definition) is 2. The van der Waals surface area contributed by atoms with Gasteiger partial charge in [-0.05, 0) is 31.7 Å². The second kappa shape index (κ2) is 9.53. The predicted octanol–water partition coefficient (Wildman–Crippen LogP) is 2.81. The predicted molar refractivity (Wildman–Crippen MR) is 82.4 cm³/mol. The number of aliphatic hydroxyl groups excluding tert-OH is 1. The minimum absolute atomic E-state index is 0.206. The maximum absolute atomic E-state index is 11.3. The van der Waals surface area contributed by atoms with Crippen molar-refractivity contribution in [2.24, 2.45) is 5.92 Å². The number of carboxylic acid groups (broad SMARTS) is 1. The Kier molecular flexibility index (Phi) is 8.01. The number of rotatable bonds is 10. The van der Waals surface area contributed by atoms with E-state index in [1.54, 1.807) is 0 Å². The van der Waals surface area contributed by atoms with Crippen LogP contribution >= 0.6 is 0 Å². The smallest absolute Gasteiger partial charge is 0.306 e. The molecule has 0 heterocycles. The molecule has 1 aromatic rings. The molecule has 0 saturated heterocycles. The minimum Gasteiger partial charge on any atom is -0.481 e. The van der Waals surface area contributed by atoms with Gasteiger partial charge in [-0.3, -0.25) is 4.79 Å². The number of ether oxygens (including phenoxy) is 1. The van der Waals surface area contributed by atoms with Crippen LogP contribution in [-0.2, 0) is 16.0 Å². The van der Waals surface area contributed by atoms with Crippen LogP contribution in [0.2, 0.25) is 0 Å². The zero-order valence-corrected chi connectivity index (χ0v) is 12.9. The summed E-state index contributed by atoms with van der Waals surface area (Å²) in [4.78, 5) is 11.3. The van der Waals surface area contributed by atoms with Crippen LogP contribution in [0.5, 0.6) is 0 Å². The molecular formula is C17H26O4. The van der Waals surface area contributed by atoms with Crippen molar-refractivity contribution < 1.29 is 19.7 Å². The van der Waals surface area contributed by atoms with E-state index in [0.717, 1.165) is 24.0 Å². The van der Waals surface area contributed by atoms with Crippen LogP contribution in [-0.4, -0.2) is 35.5 Å². The van der Waals surface area contributed by atoms with Crippen LogP contribution in [0.15, 0.2) is 24.3 Å². The van der Waals surface area contributed by atoms with E-state index in [1.165, 1.54) is 0 Å². The Morgan fingerprint density at radius 1 is 1.29 bits per heavy atom. The van der Waals surface area contributed by atoms with Crippen LogP contribution < -0.4 is 0 Å². The molecule has 0 bridgehead atoms. The highest BCUT2D eigenvalue weighted by atomic mass is 16.5. The Balaban J connectivity index is 2.45. The van der Waals surface area contributed by atoms with Crippen LogP contribution in [0.3, 0.4) is 0 Å². The lowest BCUT2D eigenvalue weighted by Gasteiger charge is -2.17. The molecule has 0 aliphatic heterocycles. The highest BCUT2D eigenvalue weighted by Gasteiger charge is 2.22. The Hall–Kier alpha value is -1.39. The van der Waals surface area contributed by atoms with Gasteiger partial charge >= 0.3 is 5.97 Å². The van der Waals surface area contributed by atoms with E-state index < -0.39 is 18.0 Å². The summed E-state index contributed by atoms with van der Waals surface area (Å²) < 4.78 is 5.34. The molecule has 0 radical (unpaired) electrons. The van der Waals surface area contributed by atoms with Gasteiger partial charge in [-0.1, -0.05) is 43.2 Å². The van der Waals surface area contributed by atoms with Crippen LogP contribution in [0.25, 0.3) is 0 Å². The molecule has 1 aromatic carbocycles. The van der Waals surface area contributed by atoms with Crippen molar-refractivity contribution in [1.82, 2.24) is 0 Å². The third kappa shape index (κ3) is 7.25. The summed E-state index contributed by atoms with van der Waals surface area (Å²) in [5.74, 6) is -1.46. The van der Waals surface area contributed by atoms with Gasteiger partial charge < -0.3 is 14.9 Å². The topological polar surface area (TPSA) is 66.8 Å². The molecule has 4 heteroatoms. The first-order valence-electron chi connectivity index (χ1n) is 7.57. The van der Waals surface area contributed by atoms with Crippen molar-refractivity contribution in [2.45, 2.75) is 45.6 Å². The maximum atomic E-state index is 11.3. The van der Waals surface area contributed by atoms with Crippen molar-refractivity contribution in [3.05, 3.63) is 35.4 Å². The first kappa shape index (κ1) is 17.7. The molecule has 0 amide bonds. The monoisotopic (exact) mass is 294 g/mol. The van der Waals surface area contributed by atoms with E-state index in [-0.39, 0.29) is 13.0 Å². The fourth-order valence-electron chi connectivity index (χ4n) is 2.14. The fourth-order valence-corrected chi connectivity index (χ4v) is 2.14. The summed E-state index contributed by atoms with van der Waals surface area (Å²) in [5.41, 5.74) is 2.13. The van der Waals surface area contributed by atoms with Gasteiger partial charge in [-0.15, -0.1) is 0 Å². The highest BCUT2D eigenvalue weighted by Crippen LogP contribution is 2.16. The molecule has 0 fully saturated rings. The largest absolute Gasteiger partial charge is 0.481 e. The first-order valence-corrected chi connectivity index (χ1v) is 7.57. The number of aliphatic hydroxyl groups is 1. The number of aliphatic carboxylic acids is 1. The maximum Gasteiger partial charge on any atom is 0.306 e. The number of carbonyl (C=O) groups is 1. The van der Waals surface area contributed by atoms with Crippen molar-refractivity contribution >= 4 is 5.97 Å². The average Bonchev–Trinajstić information content (AvgIpc) is 2.45. The summed E-state index contributed by atoms with van der Waals surface area (Å²) in [5, 5.41) is 19.2. The van der Waals surface area contributed by atoms with Gasteiger partial charge in [0.1, 0.15) is 0 Å². The molecule has 0 saturated carbocycles. The van der Waals surface area contributed by atoms with Crippen molar-refractivity contribution in [1.29, 1.82) is 0 Å². The number of aryl methyl sites for hydroxylation is 1. The fraction of sp³-hybridized carbons (Fsp3) is 0.588. The molecule has 0 aromatic heterocycles. The van der Waals surface area contributed by atoms with E-state index in [9.17, 15) is 15.0 Å². The Bertz CT molecular complexity index is 413. The lowest BCUT2D eigenvalue weighted by atomic mass is 9.93. The summed E-state index contributed by atoms with van der Waals surface area (Å²) in [6.45, 7) is 4.89. The lowest BCUT2D eigenvalue weighted by molar-refractivity contribution is -0.143. The molecule has 0 spiro atoms.